The molecule has 0 spiro atoms. The molecule has 0 atom stereocenters. The standard InChI is InChI=1S/C12H8O7S.Na/c13-11(14)8-3-1-2-6-4-7(20(17,18)19)5-9(10(6)8)12(15)16;/h1-5H,(H,13,14)(H,15,16)(H,17,18,19);/q;+1/p-1. The Bertz CT molecular complexity index is 842. The quantitative estimate of drug-likeness (QED) is 0.501. The molecule has 0 aliphatic heterocycles. The first kappa shape index (κ1) is 17.6. The van der Waals surface area contributed by atoms with Crippen LogP contribution in [0.4, 0.5) is 0 Å². The molecule has 0 radical (unpaired) electrons. The molecule has 0 fully saturated rings. The molecule has 0 unspecified atom stereocenters. The summed E-state index contributed by atoms with van der Waals surface area (Å²) in [6.45, 7) is 0. The SMILES string of the molecule is O=C(O)c1cccc2cc(S(=O)(=O)[O-])cc(C(=O)O)c12.[Na+]. The zero-order valence-electron chi connectivity index (χ0n) is 10.7. The summed E-state index contributed by atoms with van der Waals surface area (Å²) in [5.41, 5.74) is -0.829. The van der Waals surface area contributed by atoms with Gasteiger partial charge < -0.3 is 14.8 Å². The van der Waals surface area contributed by atoms with Crippen molar-refractivity contribution in [2.75, 3.05) is 0 Å². The third-order valence-corrected chi connectivity index (χ3v) is 3.51. The number of hydrogen-bond acceptors (Lipinski definition) is 5. The average molecular weight is 318 g/mol. The molecule has 2 aromatic carbocycles. The number of carbonyl (C=O) groups is 2. The smallest absolute Gasteiger partial charge is 0.744 e. The van der Waals surface area contributed by atoms with Crippen LogP contribution in [0.1, 0.15) is 20.7 Å². The molecule has 7 nitrogen and oxygen atoms in total. The first-order valence-corrected chi connectivity index (χ1v) is 6.62. The van der Waals surface area contributed by atoms with Crippen LogP contribution in [0, 0.1) is 0 Å². The number of carboxylic acids is 2. The summed E-state index contributed by atoms with van der Waals surface area (Å²) in [4.78, 5) is 21.6. The number of hydrogen-bond donors (Lipinski definition) is 2. The summed E-state index contributed by atoms with van der Waals surface area (Å²) in [6, 6.07) is 5.49. The van der Waals surface area contributed by atoms with Gasteiger partial charge in [-0.15, -0.1) is 0 Å². The van der Waals surface area contributed by atoms with Gasteiger partial charge in [0, 0.05) is 5.39 Å². The van der Waals surface area contributed by atoms with E-state index < -0.39 is 32.5 Å². The summed E-state index contributed by atoms with van der Waals surface area (Å²) in [7, 11) is -4.84. The number of rotatable bonds is 3. The van der Waals surface area contributed by atoms with Crippen LogP contribution in [0.15, 0.2) is 35.2 Å². The van der Waals surface area contributed by atoms with Crippen LogP contribution in [0.5, 0.6) is 0 Å². The fraction of sp³-hybridized carbons (Fsp3) is 0. The van der Waals surface area contributed by atoms with Crippen molar-refractivity contribution in [1.82, 2.24) is 0 Å². The maximum Gasteiger partial charge on any atom is 1.00 e. The van der Waals surface area contributed by atoms with E-state index in [4.69, 9.17) is 10.2 Å². The maximum absolute atomic E-state index is 11.2. The van der Waals surface area contributed by atoms with Gasteiger partial charge in [-0.05, 0) is 23.6 Å². The zero-order valence-corrected chi connectivity index (χ0v) is 13.5. The fourth-order valence-corrected chi connectivity index (χ4v) is 2.43. The Balaban J connectivity index is 0.00000220. The van der Waals surface area contributed by atoms with Gasteiger partial charge in [0.25, 0.3) is 0 Å². The molecule has 9 heteroatoms. The minimum absolute atomic E-state index is 0. The van der Waals surface area contributed by atoms with Crippen LogP contribution in [0.25, 0.3) is 10.8 Å². The summed E-state index contributed by atoms with van der Waals surface area (Å²) in [6.07, 6.45) is 0. The van der Waals surface area contributed by atoms with Crippen LogP contribution < -0.4 is 29.6 Å². The summed E-state index contributed by atoms with van der Waals surface area (Å²) >= 11 is 0. The van der Waals surface area contributed by atoms with Gasteiger partial charge in [-0.25, -0.2) is 18.0 Å². The van der Waals surface area contributed by atoms with Crippen molar-refractivity contribution in [3.05, 3.63) is 41.5 Å². The van der Waals surface area contributed by atoms with Crippen molar-refractivity contribution in [3.63, 3.8) is 0 Å². The molecular formula is C12H7NaO7S. The van der Waals surface area contributed by atoms with Crippen LogP contribution in [0.3, 0.4) is 0 Å². The third kappa shape index (κ3) is 3.42. The van der Waals surface area contributed by atoms with Gasteiger partial charge in [-0.2, -0.15) is 0 Å². The van der Waals surface area contributed by atoms with E-state index in [1.54, 1.807) is 0 Å². The van der Waals surface area contributed by atoms with E-state index in [2.05, 4.69) is 0 Å². The molecule has 2 N–H and O–H groups in total. The Labute approximate surface area is 141 Å². The third-order valence-electron chi connectivity index (χ3n) is 2.70. The molecule has 0 saturated carbocycles. The Kier molecular flexibility index (Phi) is 5.13. The van der Waals surface area contributed by atoms with Gasteiger partial charge in [0.1, 0.15) is 10.1 Å². The van der Waals surface area contributed by atoms with Gasteiger partial charge in [0.2, 0.25) is 0 Å². The molecule has 2 rings (SSSR count). The molecule has 104 valence electrons. The number of fused-ring (bicyclic) bond motifs is 1. The normalized spacial score (nSPS) is 10.9. The monoisotopic (exact) mass is 318 g/mol. The Morgan fingerprint density at radius 3 is 2.05 bits per heavy atom. The molecule has 0 heterocycles. The van der Waals surface area contributed by atoms with E-state index in [-0.39, 0.29) is 45.9 Å². The van der Waals surface area contributed by atoms with E-state index in [0.29, 0.717) is 6.07 Å². The predicted octanol–water partition coefficient (Wildman–Crippen LogP) is -1.86. The molecule has 0 aromatic heterocycles. The van der Waals surface area contributed by atoms with E-state index >= 15 is 0 Å². The van der Waals surface area contributed by atoms with Gasteiger partial charge >= 0.3 is 41.5 Å². The van der Waals surface area contributed by atoms with Crippen LogP contribution >= 0.6 is 0 Å². The minimum atomic E-state index is -4.84. The fourth-order valence-electron chi connectivity index (χ4n) is 1.89. The molecule has 0 aliphatic carbocycles. The van der Waals surface area contributed by atoms with Crippen molar-refractivity contribution < 1.29 is 62.3 Å². The molecular weight excluding hydrogens is 311 g/mol. The maximum atomic E-state index is 11.2. The second kappa shape index (κ2) is 6.12. The number of benzene rings is 2. The van der Waals surface area contributed by atoms with Gasteiger partial charge in [0.15, 0.2) is 0 Å². The molecule has 21 heavy (non-hydrogen) atoms. The molecule has 2 aromatic rings. The summed E-state index contributed by atoms with van der Waals surface area (Å²) < 4.78 is 33.0. The van der Waals surface area contributed by atoms with E-state index in [1.165, 1.54) is 18.2 Å². The van der Waals surface area contributed by atoms with Crippen LogP contribution in [-0.2, 0) is 10.1 Å². The van der Waals surface area contributed by atoms with Crippen LogP contribution in [0.2, 0.25) is 0 Å². The van der Waals surface area contributed by atoms with Crippen molar-refractivity contribution in [1.29, 1.82) is 0 Å². The van der Waals surface area contributed by atoms with Crippen molar-refractivity contribution in [2.45, 2.75) is 4.90 Å². The first-order valence-electron chi connectivity index (χ1n) is 5.21. The largest absolute Gasteiger partial charge is 1.00 e. The molecule has 0 bridgehead atoms. The Hall–Kier alpha value is -1.45. The topological polar surface area (TPSA) is 132 Å². The average Bonchev–Trinajstić information content (AvgIpc) is 2.35. The van der Waals surface area contributed by atoms with Crippen LogP contribution in [-0.4, -0.2) is 35.1 Å². The van der Waals surface area contributed by atoms with E-state index in [9.17, 15) is 22.6 Å². The summed E-state index contributed by atoms with van der Waals surface area (Å²) in [5.74, 6) is -2.87. The van der Waals surface area contributed by atoms with E-state index in [1.807, 2.05) is 0 Å². The minimum Gasteiger partial charge on any atom is -0.744 e. The van der Waals surface area contributed by atoms with Gasteiger partial charge in [-0.3, -0.25) is 0 Å². The molecule has 0 amide bonds. The van der Waals surface area contributed by atoms with Crippen molar-refractivity contribution in [2.24, 2.45) is 0 Å². The van der Waals surface area contributed by atoms with E-state index in [0.717, 1.165) is 6.07 Å². The number of carboxylic acid groups (broad SMARTS) is 2. The Morgan fingerprint density at radius 2 is 1.57 bits per heavy atom. The van der Waals surface area contributed by atoms with Gasteiger partial charge in [-0.1, -0.05) is 12.1 Å². The summed E-state index contributed by atoms with van der Waals surface area (Å²) in [5, 5.41) is 18.1. The molecule has 0 aliphatic rings. The van der Waals surface area contributed by atoms with Crippen molar-refractivity contribution >= 4 is 32.8 Å². The number of aromatic carboxylic acids is 2. The predicted molar refractivity (Wildman–Crippen MR) is 65.8 cm³/mol. The second-order valence-corrected chi connectivity index (χ2v) is 5.32. The van der Waals surface area contributed by atoms with Gasteiger partial charge in [0.05, 0.1) is 16.0 Å². The Morgan fingerprint density at radius 1 is 1.00 bits per heavy atom. The van der Waals surface area contributed by atoms with Crippen molar-refractivity contribution in [3.8, 4) is 0 Å². The second-order valence-electron chi connectivity index (χ2n) is 3.94. The zero-order chi connectivity index (χ0) is 15.1. The first-order chi connectivity index (χ1) is 9.21. The molecule has 0 saturated heterocycles.